The van der Waals surface area contributed by atoms with E-state index in [2.05, 4.69) is 35.9 Å². The maximum Gasteiger partial charge on any atom is 0.225 e. The van der Waals surface area contributed by atoms with Crippen LogP contribution in [0.3, 0.4) is 0 Å². The molecule has 2 aromatic rings. The van der Waals surface area contributed by atoms with Crippen LogP contribution in [0.5, 0.6) is 0 Å². The molecule has 0 bridgehead atoms. The zero-order valence-corrected chi connectivity index (χ0v) is 15.9. The number of hydrogen-bond donors (Lipinski definition) is 4. The van der Waals surface area contributed by atoms with Crippen LogP contribution in [-0.4, -0.2) is 29.1 Å². The van der Waals surface area contributed by atoms with E-state index in [0.29, 0.717) is 46.8 Å². The second-order valence-corrected chi connectivity index (χ2v) is 6.42. The Balaban J connectivity index is 2.02. The maximum absolute atomic E-state index is 12.5. The Morgan fingerprint density at radius 3 is 1.31 bits per heavy atom. The Morgan fingerprint density at radius 2 is 1.00 bits per heavy atom. The summed E-state index contributed by atoms with van der Waals surface area (Å²) in [7, 11) is 0. The van der Waals surface area contributed by atoms with E-state index in [-0.39, 0.29) is 17.6 Å². The van der Waals surface area contributed by atoms with Gasteiger partial charge in [0.05, 0.1) is 0 Å². The third kappa shape index (κ3) is 5.93. The van der Waals surface area contributed by atoms with E-state index in [1.807, 2.05) is 0 Å². The SMILES string of the molecule is O=C(CCS)Nc1ccc(C(=O)c2ccc(NC(=O)CCS)cc2)cc1. The average molecular weight is 389 g/mol. The fraction of sp³-hybridized carbons (Fsp3) is 0.211. The smallest absolute Gasteiger partial charge is 0.225 e. The maximum atomic E-state index is 12.5. The highest BCUT2D eigenvalue weighted by molar-refractivity contribution is 7.80. The van der Waals surface area contributed by atoms with Crippen LogP contribution in [0.1, 0.15) is 28.8 Å². The van der Waals surface area contributed by atoms with Gasteiger partial charge in [-0.1, -0.05) is 0 Å². The number of thiol groups is 2. The minimum atomic E-state index is -0.133. The van der Waals surface area contributed by atoms with Gasteiger partial charge in [-0.25, -0.2) is 0 Å². The molecular formula is C19H20N2O3S2. The molecule has 0 atom stereocenters. The predicted molar refractivity (Wildman–Crippen MR) is 111 cm³/mol. The van der Waals surface area contributed by atoms with E-state index >= 15 is 0 Å². The van der Waals surface area contributed by atoms with Crippen molar-refractivity contribution in [1.29, 1.82) is 0 Å². The predicted octanol–water partition coefficient (Wildman–Crippen LogP) is 3.43. The van der Waals surface area contributed by atoms with Crippen molar-refractivity contribution in [2.75, 3.05) is 22.1 Å². The van der Waals surface area contributed by atoms with Gasteiger partial charge in [0.25, 0.3) is 0 Å². The summed E-state index contributed by atoms with van der Waals surface area (Å²) in [6, 6.07) is 13.4. The lowest BCUT2D eigenvalue weighted by atomic mass is 10.0. The molecule has 0 saturated carbocycles. The number of ketones is 1. The number of rotatable bonds is 8. The molecule has 2 amide bonds. The van der Waals surface area contributed by atoms with Crippen molar-refractivity contribution in [3.63, 3.8) is 0 Å². The fourth-order valence-corrected chi connectivity index (χ4v) is 2.63. The molecule has 0 spiro atoms. The van der Waals surface area contributed by atoms with Crippen molar-refractivity contribution in [1.82, 2.24) is 0 Å². The molecule has 0 aliphatic heterocycles. The van der Waals surface area contributed by atoms with Crippen LogP contribution >= 0.6 is 25.3 Å². The molecule has 0 aliphatic carbocycles. The summed E-state index contributed by atoms with van der Waals surface area (Å²) in [6.07, 6.45) is 0.668. The molecule has 0 heterocycles. The largest absolute Gasteiger partial charge is 0.326 e. The summed E-state index contributed by atoms with van der Waals surface area (Å²) < 4.78 is 0. The first kappa shape index (κ1) is 20.1. The molecule has 5 nitrogen and oxygen atoms in total. The van der Waals surface area contributed by atoms with Crippen LogP contribution in [0, 0.1) is 0 Å². The van der Waals surface area contributed by atoms with E-state index in [4.69, 9.17) is 0 Å². The summed E-state index contributed by atoms with van der Waals surface area (Å²) in [5.74, 6) is 0.594. The zero-order valence-electron chi connectivity index (χ0n) is 14.1. The van der Waals surface area contributed by atoms with E-state index in [1.165, 1.54) is 0 Å². The van der Waals surface area contributed by atoms with Crippen LogP contribution in [0.2, 0.25) is 0 Å². The third-order valence-corrected chi connectivity index (χ3v) is 3.99. The van der Waals surface area contributed by atoms with Gasteiger partial charge in [-0.15, -0.1) is 0 Å². The molecular weight excluding hydrogens is 368 g/mol. The second-order valence-electron chi connectivity index (χ2n) is 5.53. The van der Waals surface area contributed by atoms with Gasteiger partial charge in [-0.05, 0) is 60.0 Å². The Morgan fingerprint density at radius 1 is 0.654 bits per heavy atom. The number of benzene rings is 2. The van der Waals surface area contributed by atoms with Gasteiger partial charge in [0, 0.05) is 35.3 Å². The highest BCUT2D eigenvalue weighted by atomic mass is 32.1. The summed E-state index contributed by atoms with van der Waals surface area (Å²) in [5, 5.41) is 5.48. The lowest BCUT2D eigenvalue weighted by molar-refractivity contribution is -0.116. The Hall–Kier alpha value is -2.25. The van der Waals surface area contributed by atoms with Gasteiger partial charge in [0.1, 0.15) is 0 Å². The van der Waals surface area contributed by atoms with Crippen molar-refractivity contribution in [2.45, 2.75) is 12.8 Å². The Bertz CT molecular complexity index is 709. The minimum absolute atomic E-state index is 0.116. The minimum Gasteiger partial charge on any atom is -0.326 e. The molecule has 0 fully saturated rings. The van der Waals surface area contributed by atoms with Gasteiger partial charge in [0.2, 0.25) is 11.8 Å². The van der Waals surface area contributed by atoms with E-state index in [1.54, 1.807) is 48.5 Å². The van der Waals surface area contributed by atoms with E-state index in [0.717, 1.165) is 0 Å². The second kappa shape index (κ2) is 10.0. The Labute approximate surface area is 163 Å². The van der Waals surface area contributed by atoms with Crippen LogP contribution in [0.4, 0.5) is 11.4 Å². The lowest BCUT2D eigenvalue weighted by Crippen LogP contribution is -2.12. The van der Waals surface area contributed by atoms with Crippen LogP contribution in [0.15, 0.2) is 48.5 Å². The molecule has 136 valence electrons. The normalized spacial score (nSPS) is 10.2. The van der Waals surface area contributed by atoms with Crippen molar-refractivity contribution in [3.8, 4) is 0 Å². The van der Waals surface area contributed by atoms with Crippen molar-refractivity contribution < 1.29 is 14.4 Å². The van der Waals surface area contributed by atoms with Crippen LogP contribution in [0.25, 0.3) is 0 Å². The summed E-state index contributed by atoms with van der Waals surface area (Å²) in [6.45, 7) is 0. The molecule has 0 aliphatic rings. The summed E-state index contributed by atoms with van der Waals surface area (Å²) in [4.78, 5) is 35.6. The summed E-state index contributed by atoms with van der Waals surface area (Å²) in [5.41, 5.74) is 2.30. The monoisotopic (exact) mass is 388 g/mol. The summed E-state index contributed by atoms with van der Waals surface area (Å²) >= 11 is 8.03. The van der Waals surface area contributed by atoms with Gasteiger partial charge in [-0.3, -0.25) is 14.4 Å². The van der Waals surface area contributed by atoms with Gasteiger partial charge in [-0.2, -0.15) is 25.3 Å². The Kier molecular flexibility index (Phi) is 7.74. The molecule has 2 N–H and O–H groups in total. The first-order valence-electron chi connectivity index (χ1n) is 8.09. The molecule has 26 heavy (non-hydrogen) atoms. The first-order valence-corrected chi connectivity index (χ1v) is 9.36. The van der Waals surface area contributed by atoms with Crippen molar-refractivity contribution >= 4 is 54.2 Å². The highest BCUT2D eigenvalue weighted by Crippen LogP contribution is 2.16. The van der Waals surface area contributed by atoms with Gasteiger partial charge < -0.3 is 10.6 Å². The highest BCUT2D eigenvalue weighted by Gasteiger charge is 2.10. The van der Waals surface area contributed by atoms with Crippen LogP contribution < -0.4 is 10.6 Å². The number of anilines is 2. The topological polar surface area (TPSA) is 75.3 Å². The molecule has 0 unspecified atom stereocenters. The number of amides is 2. The number of carbonyl (C=O) groups is 3. The van der Waals surface area contributed by atoms with E-state index < -0.39 is 0 Å². The number of nitrogens with one attached hydrogen (secondary N) is 2. The number of carbonyl (C=O) groups excluding carboxylic acids is 3. The zero-order chi connectivity index (χ0) is 18.9. The van der Waals surface area contributed by atoms with E-state index in [9.17, 15) is 14.4 Å². The lowest BCUT2D eigenvalue weighted by Gasteiger charge is -2.07. The van der Waals surface area contributed by atoms with Gasteiger partial charge in [0.15, 0.2) is 5.78 Å². The van der Waals surface area contributed by atoms with Crippen molar-refractivity contribution in [3.05, 3.63) is 59.7 Å². The number of hydrogen-bond acceptors (Lipinski definition) is 5. The molecule has 0 aromatic heterocycles. The molecule has 2 rings (SSSR count). The average Bonchev–Trinajstić information content (AvgIpc) is 2.63. The quantitative estimate of drug-likeness (QED) is 0.413. The third-order valence-electron chi connectivity index (χ3n) is 3.54. The molecule has 0 saturated heterocycles. The van der Waals surface area contributed by atoms with Crippen LogP contribution in [-0.2, 0) is 9.59 Å². The van der Waals surface area contributed by atoms with Gasteiger partial charge >= 0.3 is 0 Å². The van der Waals surface area contributed by atoms with Crippen molar-refractivity contribution in [2.24, 2.45) is 0 Å². The standard InChI is InChI=1S/C19H20N2O3S2/c22-17(9-11-25)20-15-5-1-13(2-6-15)19(24)14-3-7-16(8-4-14)21-18(23)10-12-26/h1-8,25-26H,9-12H2,(H,20,22)(H,21,23). The molecule has 7 heteroatoms. The first-order chi connectivity index (χ1) is 12.5. The molecule has 0 radical (unpaired) electrons. The molecule has 2 aromatic carbocycles. The fourth-order valence-electron chi connectivity index (χ4n) is 2.23.